The molecule has 0 aliphatic heterocycles. The van der Waals surface area contributed by atoms with Gasteiger partial charge >= 0.3 is 0 Å². The van der Waals surface area contributed by atoms with Crippen molar-refractivity contribution in [2.75, 3.05) is 6.54 Å². The summed E-state index contributed by atoms with van der Waals surface area (Å²) >= 11 is 0. The second-order valence-electron chi connectivity index (χ2n) is 4.74. The molecule has 1 amide bonds. The van der Waals surface area contributed by atoms with Crippen LogP contribution in [0.15, 0.2) is 18.2 Å². The lowest BCUT2D eigenvalue weighted by atomic mass is 10.1. The van der Waals surface area contributed by atoms with E-state index < -0.39 is 11.6 Å². The zero-order valence-corrected chi connectivity index (χ0v) is 11.7. The van der Waals surface area contributed by atoms with Gasteiger partial charge in [0.25, 0.3) is 5.91 Å². The van der Waals surface area contributed by atoms with Gasteiger partial charge in [-0.25, -0.2) is 8.78 Å². The van der Waals surface area contributed by atoms with Crippen LogP contribution < -0.4 is 0 Å². The highest BCUT2D eigenvalue weighted by Gasteiger charge is 2.20. The molecule has 19 heavy (non-hydrogen) atoms. The van der Waals surface area contributed by atoms with Gasteiger partial charge < -0.3 is 4.90 Å². The molecule has 0 heterocycles. The maximum Gasteiger partial charge on any atom is 0.254 e. The predicted molar refractivity (Wildman–Crippen MR) is 72.1 cm³/mol. The maximum absolute atomic E-state index is 13.2. The number of halogens is 2. The molecule has 0 fully saturated rings. The molecule has 1 aromatic carbocycles. The number of rotatable bonds is 6. The Morgan fingerprint density at radius 2 is 1.95 bits per heavy atom. The van der Waals surface area contributed by atoms with Crippen molar-refractivity contribution in [1.29, 1.82) is 0 Å². The quantitative estimate of drug-likeness (QED) is 0.764. The van der Waals surface area contributed by atoms with Crippen LogP contribution >= 0.6 is 0 Å². The number of carbonyl (C=O) groups is 1. The van der Waals surface area contributed by atoms with E-state index in [0.717, 1.165) is 31.4 Å². The molecule has 1 atom stereocenters. The van der Waals surface area contributed by atoms with Crippen molar-refractivity contribution in [1.82, 2.24) is 4.90 Å². The van der Waals surface area contributed by atoms with Crippen molar-refractivity contribution in [3.63, 3.8) is 0 Å². The van der Waals surface area contributed by atoms with Crippen molar-refractivity contribution >= 4 is 5.91 Å². The zero-order chi connectivity index (χ0) is 14.4. The summed E-state index contributed by atoms with van der Waals surface area (Å²) in [5, 5.41) is 0. The average molecular weight is 269 g/mol. The molecule has 0 aliphatic rings. The zero-order valence-electron chi connectivity index (χ0n) is 11.7. The summed E-state index contributed by atoms with van der Waals surface area (Å²) in [7, 11) is 0. The highest BCUT2D eigenvalue weighted by Crippen LogP contribution is 2.15. The molecular formula is C15H21F2NO. The molecule has 0 N–H and O–H groups in total. The topological polar surface area (TPSA) is 20.3 Å². The van der Waals surface area contributed by atoms with Gasteiger partial charge in [-0.1, -0.05) is 20.3 Å². The molecular weight excluding hydrogens is 248 g/mol. The normalized spacial score (nSPS) is 12.3. The first-order valence-corrected chi connectivity index (χ1v) is 6.77. The summed E-state index contributed by atoms with van der Waals surface area (Å²) < 4.78 is 26.1. The first kappa shape index (κ1) is 15.6. The van der Waals surface area contributed by atoms with Gasteiger partial charge in [0.15, 0.2) is 11.6 Å². The summed E-state index contributed by atoms with van der Waals surface area (Å²) in [6.45, 7) is 6.66. The largest absolute Gasteiger partial charge is 0.336 e. The van der Waals surface area contributed by atoms with Gasteiger partial charge in [0.1, 0.15) is 0 Å². The van der Waals surface area contributed by atoms with Gasteiger partial charge in [-0.3, -0.25) is 4.79 Å². The number of unbranched alkanes of at least 4 members (excludes halogenated alkanes) is 1. The van der Waals surface area contributed by atoms with E-state index in [4.69, 9.17) is 0 Å². The lowest BCUT2D eigenvalue weighted by molar-refractivity contribution is 0.0684. The van der Waals surface area contributed by atoms with E-state index in [0.29, 0.717) is 6.54 Å². The molecule has 1 aromatic rings. The van der Waals surface area contributed by atoms with Gasteiger partial charge in [0.05, 0.1) is 0 Å². The van der Waals surface area contributed by atoms with Crippen LogP contribution in [0.4, 0.5) is 8.78 Å². The second-order valence-corrected chi connectivity index (χ2v) is 4.74. The first-order chi connectivity index (χ1) is 9.01. The van der Waals surface area contributed by atoms with Crippen LogP contribution in [0.5, 0.6) is 0 Å². The third-order valence-corrected chi connectivity index (χ3v) is 3.30. The van der Waals surface area contributed by atoms with Crippen LogP contribution in [0.3, 0.4) is 0 Å². The van der Waals surface area contributed by atoms with Gasteiger partial charge in [-0.2, -0.15) is 0 Å². The predicted octanol–water partition coefficient (Wildman–Crippen LogP) is 4.01. The van der Waals surface area contributed by atoms with Crippen molar-refractivity contribution in [2.24, 2.45) is 0 Å². The summed E-state index contributed by atoms with van der Waals surface area (Å²) in [5.41, 5.74) is 0.204. The lowest BCUT2D eigenvalue weighted by Crippen LogP contribution is -2.39. The molecule has 1 unspecified atom stereocenters. The van der Waals surface area contributed by atoms with Crippen molar-refractivity contribution in [2.45, 2.75) is 46.1 Å². The molecule has 0 saturated heterocycles. The Kier molecular flexibility index (Phi) is 5.93. The Morgan fingerprint density at radius 3 is 2.47 bits per heavy atom. The minimum absolute atomic E-state index is 0.0900. The molecule has 0 aliphatic carbocycles. The minimum atomic E-state index is -0.981. The highest BCUT2D eigenvalue weighted by molar-refractivity contribution is 5.94. The molecule has 0 aromatic heterocycles. The Morgan fingerprint density at radius 1 is 1.26 bits per heavy atom. The summed E-state index contributed by atoms with van der Waals surface area (Å²) in [5.74, 6) is -2.15. The summed E-state index contributed by atoms with van der Waals surface area (Å²) in [6, 6.07) is 3.39. The van der Waals surface area contributed by atoms with E-state index >= 15 is 0 Å². The average Bonchev–Trinajstić information content (AvgIpc) is 2.41. The van der Waals surface area contributed by atoms with E-state index in [1.165, 1.54) is 6.07 Å². The van der Waals surface area contributed by atoms with E-state index in [2.05, 4.69) is 6.92 Å². The fourth-order valence-corrected chi connectivity index (χ4v) is 1.87. The number of benzene rings is 1. The van der Waals surface area contributed by atoms with Gasteiger partial charge in [-0.15, -0.1) is 0 Å². The Hall–Kier alpha value is -1.45. The molecule has 2 nitrogen and oxygen atoms in total. The van der Waals surface area contributed by atoms with Crippen molar-refractivity contribution in [3.8, 4) is 0 Å². The number of amides is 1. The smallest absolute Gasteiger partial charge is 0.254 e. The molecule has 0 radical (unpaired) electrons. The molecule has 0 bridgehead atoms. The van der Waals surface area contributed by atoms with Gasteiger partial charge in [-0.05, 0) is 38.0 Å². The minimum Gasteiger partial charge on any atom is -0.336 e. The molecule has 0 spiro atoms. The van der Waals surface area contributed by atoms with Crippen LogP contribution in [-0.2, 0) is 0 Å². The number of hydrogen-bond acceptors (Lipinski definition) is 1. The standard InChI is InChI=1S/C15H21F2NO/c1-4-6-9-18(11(3)5-2)15(19)12-7-8-13(16)14(17)10-12/h7-8,10-11H,4-6,9H2,1-3H3. The highest BCUT2D eigenvalue weighted by atomic mass is 19.2. The maximum atomic E-state index is 13.2. The van der Waals surface area contributed by atoms with E-state index in [-0.39, 0.29) is 17.5 Å². The molecule has 4 heteroatoms. The van der Waals surface area contributed by atoms with Crippen LogP contribution in [0.1, 0.15) is 50.4 Å². The van der Waals surface area contributed by atoms with Gasteiger partial charge in [0, 0.05) is 18.2 Å². The first-order valence-electron chi connectivity index (χ1n) is 6.77. The SMILES string of the molecule is CCCCN(C(=O)c1ccc(F)c(F)c1)C(C)CC. The number of nitrogens with zero attached hydrogens (tertiary/aromatic N) is 1. The molecule has 1 rings (SSSR count). The van der Waals surface area contributed by atoms with Crippen LogP contribution in [0.2, 0.25) is 0 Å². The number of hydrogen-bond donors (Lipinski definition) is 0. The Balaban J connectivity index is 2.94. The molecule has 106 valence electrons. The second kappa shape index (κ2) is 7.22. The monoisotopic (exact) mass is 269 g/mol. The van der Waals surface area contributed by atoms with E-state index in [1.54, 1.807) is 4.90 Å². The van der Waals surface area contributed by atoms with Crippen molar-refractivity contribution in [3.05, 3.63) is 35.4 Å². The molecule has 0 saturated carbocycles. The third-order valence-electron chi connectivity index (χ3n) is 3.30. The summed E-state index contributed by atoms with van der Waals surface area (Å²) in [6.07, 6.45) is 2.72. The Labute approximate surface area is 113 Å². The van der Waals surface area contributed by atoms with E-state index in [9.17, 15) is 13.6 Å². The third kappa shape index (κ3) is 4.01. The van der Waals surface area contributed by atoms with Crippen LogP contribution in [0, 0.1) is 11.6 Å². The van der Waals surface area contributed by atoms with Crippen molar-refractivity contribution < 1.29 is 13.6 Å². The van der Waals surface area contributed by atoms with Crippen LogP contribution in [0.25, 0.3) is 0 Å². The Bertz CT molecular complexity index is 434. The van der Waals surface area contributed by atoms with Gasteiger partial charge in [0.2, 0.25) is 0 Å². The fourth-order valence-electron chi connectivity index (χ4n) is 1.87. The number of carbonyl (C=O) groups excluding carboxylic acids is 1. The summed E-state index contributed by atoms with van der Waals surface area (Å²) in [4.78, 5) is 14.1. The van der Waals surface area contributed by atoms with Crippen LogP contribution in [-0.4, -0.2) is 23.4 Å². The van der Waals surface area contributed by atoms with E-state index in [1.807, 2.05) is 13.8 Å². The lowest BCUT2D eigenvalue weighted by Gasteiger charge is -2.28. The fraction of sp³-hybridized carbons (Fsp3) is 0.533.